The molecule has 0 aliphatic carbocycles. The van der Waals surface area contributed by atoms with Gasteiger partial charge in [-0.1, -0.05) is 11.6 Å². The number of carbonyl (C=O) groups is 1. The number of nitrogens with one attached hydrogen (secondary N) is 2. The number of pyridine rings is 1. The van der Waals surface area contributed by atoms with Crippen molar-refractivity contribution in [3.05, 3.63) is 17.3 Å². The van der Waals surface area contributed by atoms with Gasteiger partial charge in [-0.15, -0.1) is 0 Å². The lowest BCUT2D eigenvalue weighted by atomic mass is 10.3. The zero-order chi connectivity index (χ0) is 15.5. The molecule has 0 bridgehead atoms. The average molecular weight is 321 g/mol. The average Bonchev–Trinajstić information content (AvgIpc) is 2.31. The lowest BCUT2D eigenvalue weighted by Gasteiger charge is -2.16. The maximum absolute atomic E-state index is 12.1. The Bertz CT molecular complexity index is 604. The second-order valence-electron chi connectivity index (χ2n) is 4.54. The SMILES string of the molecule is CC(C)NC(=O)C(C)NS(=O)(=O)c1cnc(N)c(Cl)c1. The van der Waals surface area contributed by atoms with Gasteiger partial charge in [0, 0.05) is 12.2 Å². The van der Waals surface area contributed by atoms with Crippen LogP contribution < -0.4 is 15.8 Å². The van der Waals surface area contributed by atoms with E-state index in [9.17, 15) is 13.2 Å². The first kappa shape index (κ1) is 16.7. The minimum Gasteiger partial charge on any atom is -0.382 e. The van der Waals surface area contributed by atoms with E-state index in [1.54, 1.807) is 13.8 Å². The van der Waals surface area contributed by atoms with Crippen molar-refractivity contribution >= 4 is 33.3 Å². The molecule has 1 aromatic rings. The molecule has 20 heavy (non-hydrogen) atoms. The molecule has 0 aliphatic rings. The number of amides is 1. The molecule has 4 N–H and O–H groups in total. The number of hydrogen-bond acceptors (Lipinski definition) is 5. The Morgan fingerprint density at radius 1 is 1.40 bits per heavy atom. The van der Waals surface area contributed by atoms with Gasteiger partial charge in [0.25, 0.3) is 0 Å². The van der Waals surface area contributed by atoms with E-state index in [1.165, 1.54) is 13.0 Å². The third-order valence-corrected chi connectivity index (χ3v) is 4.12. The largest absolute Gasteiger partial charge is 0.382 e. The molecule has 0 fully saturated rings. The van der Waals surface area contributed by atoms with Crippen molar-refractivity contribution in [1.29, 1.82) is 0 Å². The molecule has 0 saturated heterocycles. The lowest BCUT2D eigenvalue weighted by molar-refractivity contribution is -0.122. The zero-order valence-corrected chi connectivity index (χ0v) is 12.9. The van der Waals surface area contributed by atoms with Crippen LogP contribution in [0.4, 0.5) is 5.82 Å². The van der Waals surface area contributed by atoms with Crippen LogP contribution in [0, 0.1) is 0 Å². The van der Waals surface area contributed by atoms with Crippen LogP contribution in [0.5, 0.6) is 0 Å². The molecule has 7 nitrogen and oxygen atoms in total. The van der Waals surface area contributed by atoms with Crippen molar-refractivity contribution in [2.24, 2.45) is 0 Å². The number of aromatic nitrogens is 1. The number of hydrogen-bond donors (Lipinski definition) is 3. The second kappa shape index (κ2) is 6.38. The summed E-state index contributed by atoms with van der Waals surface area (Å²) < 4.78 is 26.4. The Hall–Kier alpha value is -1.38. The quantitative estimate of drug-likeness (QED) is 0.731. The van der Waals surface area contributed by atoms with E-state index >= 15 is 0 Å². The number of nitrogen functional groups attached to an aromatic ring is 1. The zero-order valence-electron chi connectivity index (χ0n) is 11.3. The molecule has 1 rings (SSSR count). The fourth-order valence-electron chi connectivity index (χ4n) is 1.34. The van der Waals surface area contributed by atoms with Gasteiger partial charge in [-0.2, -0.15) is 4.72 Å². The highest BCUT2D eigenvalue weighted by atomic mass is 35.5. The molecule has 1 unspecified atom stereocenters. The molecule has 9 heteroatoms. The Morgan fingerprint density at radius 2 is 2.00 bits per heavy atom. The van der Waals surface area contributed by atoms with Crippen LogP contribution >= 0.6 is 11.6 Å². The minimum atomic E-state index is -3.89. The van der Waals surface area contributed by atoms with Gasteiger partial charge in [0.05, 0.1) is 11.1 Å². The Kier molecular flexibility index (Phi) is 5.32. The summed E-state index contributed by atoms with van der Waals surface area (Å²) in [5.74, 6) is -0.380. The van der Waals surface area contributed by atoms with E-state index in [2.05, 4.69) is 15.0 Å². The van der Waals surface area contributed by atoms with E-state index in [1.807, 2.05) is 0 Å². The standard InChI is InChI=1S/C11H17ClN4O3S/c1-6(2)15-11(17)7(3)16-20(18,19)8-4-9(12)10(13)14-5-8/h4-7,16H,1-3H3,(H2,13,14)(H,15,17). The predicted octanol–water partition coefficient (Wildman–Crippen LogP) is 0.509. The highest BCUT2D eigenvalue weighted by Gasteiger charge is 2.23. The number of nitrogens with two attached hydrogens (primary N) is 1. The van der Waals surface area contributed by atoms with Gasteiger partial charge < -0.3 is 11.1 Å². The fraction of sp³-hybridized carbons (Fsp3) is 0.455. The maximum Gasteiger partial charge on any atom is 0.242 e. The van der Waals surface area contributed by atoms with Gasteiger partial charge in [-0.25, -0.2) is 13.4 Å². The van der Waals surface area contributed by atoms with Gasteiger partial charge in [0.15, 0.2) is 0 Å². The van der Waals surface area contributed by atoms with Crippen LogP contribution in [0.3, 0.4) is 0 Å². The van der Waals surface area contributed by atoms with E-state index in [0.29, 0.717) is 0 Å². The highest BCUT2D eigenvalue weighted by Crippen LogP contribution is 2.19. The number of halogens is 1. The monoisotopic (exact) mass is 320 g/mol. The summed E-state index contributed by atoms with van der Waals surface area (Å²) in [4.78, 5) is 15.2. The van der Waals surface area contributed by atoms with Crippen LogP contribution in [0.2, 0.25) is 5.02 Å². The highest BCUT2D eigenvalue weighted by molar-refractivity contribution is 7.89. The van der Waals surface area contributed by atoms with Gasteiger partial charge >= 0.3 is 0 Å². The Morgan fingerprint density at radius 3 is 2.50 bits per heavy atom. The number of sulfonamides is 1. The maximum atomic E-state index is 12.1. The predicted molar refractivity (Wildman–Crippen MR) is 76.7 cm³/mol. The molecular weight excluding hydrogens is 304 g/mol. The summed E-state index contributed by atoms with van der Waals surface area (Å²) in [6.07, 6.45) is 1.08. The summed E-state index contributed by atoms with van der Waals surface area (Å²) >= 11 is 5.73. The molecule has 0 aliphatic heterocycles. The number of anilines is 1. The summed E-state index contributed by atoms with van der Waals surface area (Å²) in [5, 5.41) is 2.64. The van der Waals surface area contributed by atoms with Gasteiger partial charge in [-0.05, 0) is 26.8 Å². The topological polar surface area (TPSA) is 114 Å². The fourth-order valence-corrected chi connectivity index (χ4v) is 2.75. The Balaban J connectivity index is 2.89. The third-order valence-electron chi connectivity index (χ3n) is 2.31. The summed E-state index contributed by atoms with van der Waals surface area (Å²) in [6.45, 7) is 5.01. The van der Waals surface area contributed by atoms with Crippen LogP contribution in [0.25, 0.3) is 0 Å². The summed E-state index contributed by atoms with van der Waals surface area (Å²) in [6, 6.07) is 0.181. The molecule has 1 amide bonds. The normalized spacial score (nSPS) is 13.2. The minimum absolute atomic E-state index is 0.0344. The third kappa shape index (κ3) is 4.32. The van der Waals surface area contributed by atoms with Crippen LogP contribution in [-0.2, 0) is 14.8 Å². The van der Waals surface area contributed by atoms with Gasteiger partial charge in [0.1, 0.15) is 10.7 Å². The van der Waals surface area contributed by atoms with E-state index in [-0.39, 0.29) is 21.8 Å². The van der Waals surface area contributed by atoms with E-state index < -0.39 is 22.0 Å². The van der Waals surface area contributed by atoms with E-state index in [4.69, 9.17) is 17.3 Å². The molecule has 0 spiro atoms. The first-order valence-electron chi connectivity index (χ1n) is 5.87. The molecule has 1 heterocycles. The van der Waals surface area contributed by atoms with Crippen molar-refractivity contribution in [3.63, 3.8) is 0 Å². The summed E-state index contributed by atoms with van der Waals surface area (Å²) in [5.41, 5.74) is 5.41. The van der Waals surface area contributed by atoms with Gasteiger partial charge in [0.2, 0.25) is 15.9 Å². The first-order valence-corrected chi connectivity index (χ1v) is 7.73. The smallest absolute Gasteiger partial charge is 0.242 e. The molecule has 0 saturated carbocycles. The van der Waals surface area contributed by atoms with Crippen LogP contribution in [0.15, 0.2) is 17.2 Å². The van der Waals surface area contributed by atoms with Gasteiger partial charge in [-0.3, -0.25) is 4.79 Å². The van der Waals surface area contributed by atoms with Crippen molar-refractivity contribution in [1.82, 2.24) is 15.0 Å². The van der Waals surface area contributed by atoms with Crippen molar-refractivity contribution in [3.8, 4) is 0 Å². The number of nitrogens with zero attached hydrogens (tertiary/aromatic N) is 1. The molecule has 0 aromatic carbocycles. The summed E-state index contributed by atoms with van der Waals surface area (Å²) in [7, 11) is -3.89. The Labute approximate surface area is 123 Å². The molecule has 1 atom stereocenters. The lowest BCUT2D eigenvalue weighted by Crippen LogP contribution is -2.46. The number of rotatable bonds is 5. The van der Waals surface area contributed by atoms with Crippen molar-refractivity contribution < 1.29 is 13.2 Å². The van der Waals surface area contributed by atoms with Crippen LogP contribution in [-0.4, -0.2) is 31.4 Å². The van der Waals surface area contributed by atoms with Crippen molar-refractivity contribution in [2.45, 2.75) is 37.8 Å². The van der Waals surface area contributed by atoms with Crippen LogP contribution in [0.1, 0.15) is 20.8 Å². The van der Waals surface area contributed by atoms with E-state index in [0.717, 1.165) is 6.20 Å². The molecule has 112 valence electrons. The first-order chi connectivity index (χ1) is 9.13. The van der Waals surface area contributed by atoms with Crippen molar-refractivity contribution in [2.75, 3.05) is 5.73 Å². The number of carbonyl (C=O) groups excluding carboxylic acids is 1. The molecular formula is C11H17ClN4O3S. The molecule has 0 radical (unpaired) electrons. The second-order valence-corrected chi connectivity index (χ2v) is 6.67. The molecule has 1 aromatic heterocycles.